The number of benzene rings is 2. The first-order chi connectivity index (χ1) is 15.9. The molecule has 4 rings (SSSR count). The van der Waals surface area contributed by atoms with E-state index in [1.54, 1.807) is 53.4 Å². The quantitative estimate of drug-likeness (QED) is 0.516. The number of aromatic nitrogens is 3. The van der Waals surface area contributed by atoms with Gasteiger partial charge in [0.1, 0.15) is 11.8 Å². The summed E-state index contributed by atoms with van der Waals surface area (Å²) in [6.45, 7) is 0.367. The third-order valence-electron chi connectivity index (χ3n) is 4.93. The normalized spacial score (nSPS) is 15.3. The molecule has 1 amide bonds. The van der Waals surface area contributed by atoms with Gasteiger partial charge in [-0.15, -0.1) is 10.2 Å². The van der Waals surface area contributed by atoms with E-state index < -0.39 is 18.0 Å². The number of hydrogen-bond acceptors (Lipinski definition) is 6. The zero-order chi connectivity index (χ0) is 23.3. The fourth-order valence-corrected chi connectivity index (χ4v) is 4.45. The molecule has 1 fully saturated rings. The summed E-state index contributed by atoms with van der Waals surface area (Å²) in [5.74, 6) is -0.250. The summed E-state index contributed by atoms with van der Waals surface area (Å²) in [6, 6.07) is 17.8. The number of thioether (sulfide) groups is 1. The zero-order valence-corrected chi connectivity index (χ0v) is 18.4. The van der Waals surface area contributed by atoms with Crippen molar-refractivity contribution >= 4 is 29.3 Å². The van der Waals surface area contributed by atoms with E-state index in [0.29, 0.717) is 37.6 Å². The van der Waals surface area contributed by atoms with Crippen molar-refractivity contribution in [2.24, 2.45) is 0 Å². The molecule has 0 spiro atoms. The van der Waals surface area contributed by atoms with Crippen LogP contribution in [0.5, 0.6) is 0 Å². The molecule has 0 aliphatic carbocycles. The molecular weight excluding hydrogens is 455 g/mol. The number of hydrogen-bond donors (Lipinski definition) is 1. The van der Waals surface area contributed by atoms with Gasteiger partial charge in [-0.25, -0.2) is 0 Å². The average Bonchev–Trinajstić information content (AvgIpc) is 3.19. The minimum atomic E-state index is -4.48. The molecule has 2 aromatic carbocycles. The summed E-state index contributed by atoms with van der Waals surface area (Å²) in [7, 11) is 0. The highest BCUT2D eigenvalue weighted by molar-refractivity contribution is 8.00. The number of ether oxygens (including phenoxy) is 1. The Hall–Kier alpha value is -3.05. The summed E-state index contributed by atoms with van der Waals surface area (Å²) in [5.41, 5.74) is 1.24. The van der Waals surface area contributed by atoms with Crippen LogP contribution >= 0.6 is 11.8 Å². The van der Waals surface area contributed by atoms with Gasteiger partial charge in [-0.2, -0.15) is 13.2 Å². The number of anilines is 2. The number of nitrogens with zero attached hydrogens (tertiary/aromatic N) is 4. The molecule has 33 heavy (non-hydrogen) atoms. The van der Waals surface area contributed by atoms with Crippen molar-refractivity contribution in [3.63, 3.8) is 0 Å². The first kappa shape index (κ1) is 23.1. The number of alkyl halides is 3. The van der Waals surface area contributed by atoms with Crippen molar-refractivity contribution in [2.75, 3.05) is 36.5 Å². The van der Waals surface area contributed by atoms with E-state index in [1.807, 2.05) is 12.1 Å². The van der Waals surface area contributed by atoms with Crippen molar-refractivity contribution in [3.05, 3.63) is 66.2 Å². The van der Waals surface area contributed by atoms with Gasteiger partial charge in [0.15, 0.2) is 5.16 Å². The van der Waals surface area contributed by atoms with Crippen molar-refractivity contribution in [2.45, 2.75) is 23.1 Å². The molecule has 1 unspecified atom stereocenters. The molecule has 0 radical (unpaired) electrons. The molecular formula is C22H22F3N5O2S. The molecule has 1 N–H and O–H groups in total. The van der Waals surface area contributed by atoms with Crippen LogP contribution in [0.1, 0.15) is 10.8 Å². The summed E-state index contributed by atoms with van der Waals surface area (Å²) in [5, 5.41) is 10.1. The largest absolute Gasteiger partial charge is 0.406 e. The van der Waals surface area contributed by atoms with Crippen LogP contribution in [0.3, 0.4) is 0 Å². The Morgan fingerprint density at radius 1 is 1.03 bits per heavy atom. The van der Waals surface area contributed by atoms with E-state index in [-0.39, 0.29) is 17.0 Å². The Kier molecular flexibility index (Phi) is 7.19. The Balaban J connectivity index is 1.66. The zero-order valence-electron chi connectivity index (χ0n) is 17.5. The predicted molar refractivity (Wildman–Crippen MR) is 119 cm³/mol. The second kappa shape index (κ2) is 10.3. The van der Waals surface area contributed by atoms with Crippen LogP contribution in [-0.4, -0.2) is 53.2 Å². The van der Waals surface area contributed by atoms with E-state index in [4.69, 9.17) is 4.74 Å². The molecule has 1 aliphatic heterocycles. The fourth-order valence-electron chi connectivity index (χ4n) is 3.42. The molecule has 1 aliphatic rings. The van der Waals surface area contributed by atoms with Crippen LogP contribution in [0, 0.1) is 0 Å². The molecule has 0 saturated carbocycles. The molecule has 0 bridgehead atoms. The topological polar surface area (TPSA) is 72.3 Å². The van der Waals surface area contributed by atoms with Gasteiger partial charge >= 0.3 is 6.18 Å². The minimum Gasteiger partial charge on any atom is -0.378 e. The van der Waals surface area contributed by atoms with Crippen molar-refractivity contribution in [1.82, 2.24) is 14.8 Å². The van der Waals surface area contributed by atoms with Gasteiger partial charge in [-0.3, -0.25) is 9.36 Å². The third kappa shape index (κ3) is 6.05. The lowest BCUT2D eigenvalue weighted by Crippen LogP contribution is -2.38. The van der Waals surface area contributed by atoms with E-state index >= 15 is 0 Å². The number of para-hydroxylation sites is 1. The van der Waals surface area contributed by atoms with Gasteiger partial charge < -0.3 is 15.0 Å². The van der Waals surface area contributed by atoms with Gasteiger partial charge in [0, 0.05) is 18.8 Å². The van der Waals surface area contributed by atoms with Crippen molar-refractivity contribution in [1.29, 1.82) is 0 Å². The van der Waals surface area contributed by atoms with E-state index in [2.05, 4.69) is 15.5 Å². The highest BCUT2D eigenvalue weighted by atomic mass is 32.2. The van der Waals surface area contributed by atoms with E-state index in [9.17, 15) is 18.0 Å². The van der Waals surface area contributed by atoms with E-state index in [0.717, 1.165) is 16.3 Å². The van der Waals surface area contributed by atoms with Crippen LogP contribution in [0.15, 0.2) is 65.8 Å². The Labute approximate surface area is 192 Å². The van der Waals surface area contributed by atoms with Crippen molar-refractivity contribution in [3.8, 4) is 0 Å². The van der Waals surface area contributed by atoms with Crippen LogP contribution in [-0.2, 0) is 16.1 Å². The number of halogens is 3. The average molecular weight is 478 g/mol. The lowest BCUT2D eigenvalue weighted by Gasteiger charge is -2.28. The second-order valence-corrected chi connectivity index (χ2v) is 8.42. The fraction of sp³-hybridized carbons (Fsp3) is 0.318. The molecule has 3 aromatic rings. The number of rotatable bonds is 7. The summed E-state index contributed by atoms with van der Waals surface area (Å²) in [6.07, 6.45) is -4.48. The lowest BCUT2D eigenvalue weighted by atomic mass is 10.1. The molecule has 1 aromatic heterocycles. The maximum Gasteiger partial charge on any atom is 0.406 e. The summed E-state index contributed by atoms with van der Waals surface area (Å²) in [4.78, 5) is 14.9. The Bertz CT molecular complexity index is 1060. The maximum atomic E-state index is 13.4. The SMILES string of the molecule is O=C(Nc1ccccc1)C(Sc1nnc(N2CCOCC2)n1CC(F)(F)F)c1ccccc1. The van der Waals surface area contributed by atoms with Gasteiger partial charge in [0.05, 0.1) is 13.2 Å². The molecule has 1 saturated heterocycles. The van der Waals surface area contributed by atoms with Gasteiger partial charge in [0.2, 0.25) is 11.9 Å². The number of amides is 1. The van der Waals surface area contributed by atoms with Crippen LogP contribution < -0.4 is 10.2 Å². The molecule has 174 valence electrons. The van der Waals surface area contributed by atoms with Crippen LogP contribution in [0.2, 0.25) is 0 Å². The molecule has 2 heterocycles. The molecule has 7 nitrogen and oxygen atoms in total. The summed E-state index contributed by atoms with van der Waals surface area (Å²) < 4.78 is 46.7. The monoisotopic (exact) mass is 477 g/mol. The van der Waals surface area contributed by atoms with Gasteiger partial charge in [0.25, 0.3) is 0 Å². The van der Waals surface area contributed by atoms with E-state index in [1.165, 1.54) is 0 Å². The summed E-state index contributed by atoms with van der Waals surface area (Å²) >= 11 is 0.941. The third-order valence-corrected chi connectivity index (χ3v) is 6.17. The van der Waals surface area contributed by atoms with Crippen LogP contribution in [0.25, 0.3) is 0 Å². The second-order valence-electron chi connectivity index (χ2n) is 7.35. The number of morpholine rings is 1. The predicted octanol–water partition coefficient (Wildman–Crippen LogP) is 4.15. The van der Waals surface area contributed by atoms with Crippen molar-refractivity contribution < 1.29 is 22.7 Å². The lowest BCUT2D eigenvalue weighted by molar-refractivity contribution is -0.141. The Morgan fingerprint density at radius 3 is 2.30 bits per heavy atom. The maximum absolute atomic E-state index is 13.4. The number of carbonyl (C=O) groups excluding carboxylic acids is 1. The van der Waals surface area contributed by atoms with Gasteiger partial charge in [-0.1, -0.05) is 60.3 Å². The number of carbonyl (C=O) groups is 1. The van der Waals surface area contributed by atoms with Gasteiger partial charge in [-0.05, 0) is 17.7 Å². The Morgan fingerprint density at radius 2 is 1.67 bits per heavy atom. The minimum absolute atomic E-state index is 0.0193. The number of nitrogens with one attached hydrogen (secondary N) is 1. The first-order valence-electron chi connectivity index (χ1n) is 10.3. The van der Waals surface area contributed by atoms with Crippen LogP contribution in [0.4, 0.5) is 24.8 Å². The smallest absolute Gasteiger partial charge is 0.378 e. The highest BCUT2D eigenvalue weighted by Gasteiger charge is 2.34. The molecule has 1 atom stereocenters. The molecule has 11 heteroatoms. The highest BCUT2D eigenvalue weighted by Crippen LogP contribution is 2.38. The standard InChI is InChI=1S/C22H22F3N5O2S/c23-22(24,25)15-30-20(29-11-13-32-14-12-29)27-28-21(30)33-18(16-7-3-1-4-8-16)19(31)26-17-9-5-2-6-10-17/h1-10,18H,11-15H2,(H,26,31). The first-order valence-corrected chi connectivity index (χ1v) is 11.2.